The monoisotopic (exact) mass is 264 g/mol. The molecule has 0 bridgehead atoms. The Morgan fingerprint density at radius 2 is 2.32 bits per heavy atom. The number of rotatable bonds is 3. The molecule has 3 heterocycles. The van der Waals surface area contributed by atoms with Gasteiger partial charge in [-0.15, -0.1) is 0 Å². The number of cyclic esters (lactones) is 1. The van der Waals surface area contributed by atoms with Gasteiger partial charge in [-0.3, -0.25) is 14.5 Å². The van der Waals surface area contributed by atoms with Crippen LogP contribution in [0.2, 0.25) is 0 Å². The molecule has 0 radical (unpaired) electrons. The zero-order valence-corrected chi connectivity index (χ0v) is 11.5. The van der Waals surface area contributed by atoms with Gasteiger partial charge in [-0.1, -0.05) is 6.92 Å². The lowest BCUT2D eigenvalue weighted by atomic mass is 9.93. The maximum Gasteiger partial charge on any atom is 0.410 e. The molecule has 0 aromatic carbocycles. The molecule has 1 aromatic rings. The van der Waals surface area contributed by atoms with E-state index in [2.05, 4.69) is 16.9 Å². The molecule has 1 aromatic heterocycles. The van der Waals surface area contributed by atoms with E-state index in [9.17, 15) is 4.79 Å². The molecule has 2 fully saturated rings. The first-order valence-electron chi connectivity index (χ1n) is 6.77. The van der Waals surface area contributed by atoms with Gasteiger partial charge >= 0.3 is 6.09 Å². The van der Waals surface area contributed by atoms with E-state index in [1.807, 2.05) is 29.0 Å². The third-order valence-electron chi connectivity index (χ3n) is 4.24. The predicted octanol–water partition coefficient (Wildman–Crippen LogP) is 0.837. The number of ether oxygens (including phenoxy) is 1. The van der Waals surface area contributed by atoms with E-state index in [0.717, 1.165) is 32.6 Å². The van der Waals surface area contributed by atoms with Gasteiger partial charge in [0.05, 0.1) is 11.7 Å². The summed E-state index contributed by atoms with van der Waals surface area (Å²) in [5.41, 5.74) is 1.09. The Labute approximate surface area is 112 Å². The lowest BCUT2D eigenvalue weighted by Gasteiger charge is -2.44. The summed E-state index contributed by atoms with van der Waals surface area (Å²) in [4.78, 5) is 16.0. The molecule has 1 atom stereocenters. The molecule has 0 saturated carbocycles. The summed E-state index contributed by atoms with van der Waals surface area (Å²) in [6.45, 7) is 6.06. The van der Waals surface area contributed by atoms with Gasteiger partial charge in [0.2, 0.25) is 0 Å². The second-order valence-corrected chi connectivity index (χ2v) is 5.52. The van der Waals surface area contributed by atoms with E-state index in [-0.39, 0.29) is 11.6 Å². The van der Waals surface area contributed by atoms with E-state index in [4.69, 9.17) is 4.74 Å². The molecule has 2 aliphatic rings. The van der Waals surface area contributed by atoms with Crippen LogP contribution in [-0.4, -0.2) is 57.5 Å². The summed E-state index contributed by atoms with van der Waals surface area (Å²) in [7, 11) is 1.93. The number of carbonyl (C=O) groups excluding carboxylic acids is 1. The molecule has 1 unspecified atom stereocenters. The van der Waals surface area contributed by atoms with Crippen LogP contribution in [0.15, 0.2) is 12.4 Å². The van der Waals surface area contributed by atoms with Crippen LogP contribution in [-0.2, 0) is 18.3 Å². The highest BCUT2D eigenvalue weighted by atomic mass is 16.6. The minimum atomic E-state index is -0.150. The number of aryl methyl sites for hydroxylation is 1. The van der Waals surface area contributed by atoms with Crippen molar-refractivity contribution in [3.63, 3.8) is 0 Å². The summed E-state index contributed by atoms with van der Waals surface area (Å²) in [6, 6.07) is 0. The highest BCUT2D eigenvalue weighted by Crippen LogP contribution is 2.32. The van der Waals surface area contributed by atoms with Crippen LogP contribution >= 0.6 is 0 Å². The van der Waals surface area contributed by atoms with Gasteiger partial charge in [0.15, 0.2) is 0 Å². The fourth-order valence-corrected chi connectivity index (χ4v) is 3.09. The Bertz CT molecular complexity index is 487. The van der Waals surface area contributed by atoms with Crippen molar-refractivity contribution >= 4 is 6.09 Å². The van der Waals surface area contributed by atoms with Crippen molar-refractivity contribution in [3.05, 3.63) is 18.0 Å². The number of hydrogen-bond donors (Lipinski definition) is 0. The number of aromatic nitrogens is 2. The van der Waals surface area contributed by atoms with Crippen molar-refractivity contribution in [1.29, 1.82) is 0 Å². The van der Waals surface area contributed by atoms with Crippen LogP contribution in [0.5, 0.6) is 0 Å². The largest absolute Gasteiger partial charge is 0.447 e. The summed E-state index contributed by atoms with van der Waals surface area (Å²) in [5.74, 6) is 0. The van der Waals surface area contributed by atoms with E-state index >= 15 is 0 Å². The Morgan fingerprint density at radius 3 is 3.00 bits per heavy atom. The summed E-state index contributed by atoms with van der Waals surface area (Å²) in [6.07, 6.45) is 4.73. The van der Waals surface area contributed by atoms with Gasteiger partial charge in [0, 0.05) is 45.0 Å². The number of carbonyl (C=O) groups is 1. The van der Waals surface area contributed by atoms with Crippen LogP contribution in [0, 0.1) is 0 Å². The minimum Gasteiger partial charge on any atom is -0.447 e. The molecule has 2 saturated heterocycles. The highest BCUT2D eigenvalue weighted by Gasteiger charge is 2.49. The maximum absolute atomic E-state index is 11.7. The number of fused-ring (bicyclic) bond motifs is 1. The summed E-state index contributed by atoms with van der Waals surface area (Å²) < 4.78 is 7.06. The van der Waals surface area contributed by atoms with Crippen LogP contribution in [0.25, 0.3) is 0 Å². The number of piperazine rings is 1. The standard InChI is InChI=1S/C13H20N4O2/c1-3-13-9-16(8-11-6-14-15(2)7-11)4-5-17(13)12(18)19-10-13/h6-7H,3-5,8-10H2,1-2H3. The zero-order chi connectivity index (χ0) is 13.5. The Morgan fingerprint density at radius 1 is 1.47 bits per heavy atom. The zero-order valence-electron chi connectivity index (χ0n) is 11.5. The molecule has 19 heavy (non-hydrogen) atoms. The Kier molecular flexibility index (Phi) is 2.97. The lowest BCUT2D eigenvalue weighted by molar-refractivity contribution is 0.0449. The maximum atomic E-state index is 11.7. The van der Waals surface area contributed by atoms with Gasteiger partial charge in [0.25, 0.3) is 0 Å². The average molecular weight is 264 g/mol. The Hall–Kier alpha value is -1.56. The second kappa shape index (κ2) is 4.52. The number of amides is 1. The van der Waals surface area contributed by atoms with E-state index in [0.29, 0.717) is 6.61 Å². The van der Waals surface area contributed by atoms with Gasteiger partial charge in [0.1, 0.15) is 6.61 Å². The molecule has 0 N–H and O–H groups in total. The lowest BCUT2D eigenvalue weighted by Crippen LogP contribution is -2.60. The molecule has 0 spiro atoms. The van der Waals surface area contributed by atoms with Crippen molar-refractivity contribution in [3.8, 4) is 0 Å². The number of nitrogens with zero attached hydrogens (tertiary/aromatic N) is 4. The molecule has 3 rings (SSSR count). The summed E-state index contributed by atoms with van der Waals surface area (Å²) in [5, 5.41) is 4.20. The predicted molar refractivity (Wildman–Crippen MR) is 69.6 cm³/mol. The third kappa shape index (κ3) is 2.10. The van der Waals surface area contributed by atoms with E-state index in [1.54, 1.807) is 0 Å². The SMILES string of the molecule is CCC12COC(=O)N1CCN(Cc1cnn(C)c1)C2. The minimum absolute atomic E-state index is 0.127. The van der Waals surface area contributed by atoms with Crippen molar-refractivity contribution in [2.45, 2.75) is 25.4 Å². The fraction of sp³-hybridized carbons (Fsp3) is 0.692. The third-order valence-corrected chi connectivity index (χ3v) is 4.24. The molecule has 104 valence electrons. The van der Waals surface area contributed by atoms with Crippen molar-refractivity contribution < 1.29 is 9.53 Å². The van der Waals surface area contributed by atoms with Crippen LogP contribution in [0.4, 0.5) is 4.79 Å². The first-order valence-corrected chi connectivity index (χ1v) is 6.77. The van der Waals surface area contributed by atoms with E-state index in [1.165, 1.54) is 5.56 Å². The van der Waals surface area contributed by atoms with Gasteiger partial charge in [-0.25, -0.2) is 4.79 Å². The first-order chi connectivity index (χ1) is 9.13. The smallest absolute Gasteiger partial charge is 0.410 e. The number of hydrogen-bond acceptors (Lipinski definition) is 4. The molecule has 6 heteroatoms. The Balaban J connectivity index is 1.72. The fourth-order valence-electron chi connectivity index (χ4n) is 3.09. The molecule has 2 aliphatic heterocycles. The van der Waals surface area contributed by atoms with Gasteiger partial charge < -0.3 is 4.74 Å². The highest BCUT2D eigenvalue weighted by molar-refractivity contribution is 5.71. The van der Waals surface area contributed by atoms with Gasteiger partial charge in [-0.2, -0.15) is 5.10 Å². The van der Waals surface area contributed by atoms with Crippen molar-refractivity contribution in [1.82, 2.24) is 19.6 Å². The molecular formula is C13H20N4O2. The quantitative estimate of drug-likeness (QED) is 0.811. The van der Waals surface area contributed by atoms with Crippen molar-refractivity contribution in [2.24, 2.45) is 7.05 Å². The van der Waals surface area contributed by atoms with E-state index < -0.39 is 0 Å². The normalized spacial score (nSPS) is 27.5. The summed E-state index contributed by atoms with van der Waals surface area (Å²) >= 11 is 0. The van der Waals surface area contributed by atoms with Crippen molar-refractivity contribution in [2.75, 3.05) is 26.2 Å². The van der Waals surface area contributed by atoms with Crippen LogP contribution in [0.1, 0.15) is 18.9 Å². The molecular weight excluding hydrogens is 244 g/mol. The average Bonchev–Trinajstić information content (AvgIpc) is 2.95. The molecule has 6 nitrogen and oxygen atoms in total. The first kappa shape index (κ1) is 12.5. The molecule has 1 amide bonds. The van der Waals surface area contributed by atoms with Crippen LogP contribution in [0.3, 0.4) is 0 Å². The topological polar surface area (TPSA) is 50.6 Å². The van der Waals surface area contributed by atoms with Gasteiger partial charge in [-0.05, 0) is 6.42 Å². The molecule has 0 aliphatic carbocycles. The second-order valence-electron chi connectivity index (χ2n) is 5.52. The van der Waals surface area contributed by atoms with Crippen LogP contribution < -0.4 is 0 Å².